The van der Waals surface area contributed by atoms with Crippen molar-refractivity contribution >= 4 is 39.1 Å². The van der Waals surface area contributed by atoms with Gasteiger partial charge in [0.25, 0.3) is 11.6 Å². The molecule has 0 spiro atoms. The molecule has 3 aromatic carbocycles. The number of nitro groups is 1. The lowest BCUT2D eigenvalue weighted by Crippen LogP contribution is -2.14. The lowest BCUT2D eigenvalue weighted by molar-refractivity contribution is -0.385. The van der Waals surface area contributed by atoms with Gasteiger partial charge >= 0.3 is 0 Å². The lowest BCUT2D eigenvalue weighted by Gasteiger charge is -2.08. The number of hydrogen-bond acceptors (Lipinski definition) is 4. The second-order valence-electron chi connectivity index (χ2n) is 6.59. The Morgan fingerprint density at radius 1 is 1.07 bits per heavy atom. The number of fused-ring (bicyclic) bond motifs is 3. The minimum absolute atomic E-state index is 0.0505. The number of benzene rings is 3. The average molecular weight is 389 g/mol. The first-order chi connectivity index (χ1) is 14.0. The SMILES string of the molecule is CCn1c2ccccc2c2cc(NC(=O)c3cc(OC)ccc3[N+](=O)[O-])ccc21. The van der Waals surface area contributed by atoms with E-state index in [4.69, 9.17) is 4.74 Å². The monoisotopic (exact) mass is 389 g/mol. The number of para-hydroxylation sites is 1. The van der Waals surface area contributed by atoms with Gasteiger partial charge in [0.15, 0.2) is 0 Å². The van der Waals surface area contributed by atoms with Crippen molar-refractivity contribution < 1.29 is 14.5 Å². The van der Waals surface area contributed by atoms with Crippen molar-refractivity contribution in [1.82, 2.24) is 4.57 Å². The number of nitrogens with one attached hydrogen (secondary N) is 1. The summed E-state index contributed by atoms with van der Waals surface area (Å²) < 4.78 is 7.32. The molecule has 0 radical (unpaired) electrons. The molecule has 0 saturated carbocycles. The number of rotatable bonds is 5. The van der Waals surface area contributed by atoms with Gasteiger partial charge in [-0.3, -0.25) is 14.9 Å². The predicted octanol–water partition coefficient (Wildman–Crippen LogP) is 4.98. The number of aryl methyl sites for hydroxylation is 1. The van der Waals surface area contributed by atoms with Crippen LogP contribution in [0.1, 0.15) is 17.3 Å². The van der Waals surface area contributed by atoms with Crippen LogP contribution in [0.2, 0.25) is 0 Å². The van der Waals surface area contributed by atoms with Gasteiger partial charge in [0.1, 0.15) is 11.3 Å². The number of hydrogen-bond donors (Lipinski definition) is 1. The summed E-state index contributed by atoms with van der Waals surface area (Å²) in [6.07, 6.45) is 0. The number of nitrogens with zero attached hydrogens (tertiary/aromatic N) is 2. The van der Waals surface area contributed by atoms with E-state index in [1.165, 1.54) is 25.3 Å². The third-order valence-electron chi connectivity index (χ3n) is 4.99. The van der Waals surface area contributed by atoms with E-state index < -0.39 is 10.8 Å². The summed E-state index contributed by atoms with van der Waals surface area (Å²) in [4.78, 5) is 23.5. The average Bonchev–Trinajstić information content (AvgIpc) is 3.06. The van der Waals surface area contributed by atoms with Crippen LogP contribution < -0.4 is 10.1 Å². The largest absolute Gasteiger partial charge is 0.497 e. The molecule has 7 nitrogen and oxygen atoms in total. The fourth-order valence-corrected chi connectivity index (χ4v) is 3.65. The molecular formula is C22H19N3O4. The van der Waals surface area contributed by atoms with E-state index in [1.807, 2.05) is 30.3 Å². The fraction of sp³-hybridized carbons (Fsp3) is 0.136. The third-order valence-corrected chi connectivity index (χ3v) is 4.99. The molecule has 146 valence electrons. The third kappa shape index (κ3) is 3.16. The second kappa shape index (κ2) is 7.27. The molecule has 0 fully saturated rings. The van der Waals surface area contributed by atoms with Crippen molar-refractivity contribution in [2.45, 2.75) is 13.5 Å². The maximum atomic E-state index is 12.8. The predicted molar refractivity (Wildman–Crippen MR) is 113 cm³/mol. The van der Waals surface area contributed by atoms with Crippen LogP contribution in [0.25, 0.3) is 21.8 Å². The van der Waals surface area contributed by atoms with Gasteiger partial charge < -0.3 is 14.6 Å². The molecule has 0 aliphatic rings. The highest BCUT2D eigenvalue weighted by Crippen LogP contribution is 2.31. The van der Waals surface area contributed by atoms with Gasteiger partial charge in [0.05, 0.1) is 12.0 Å². The van der Waals surface area contributed by atoms with Crippen LogP contribution >= 0.6 is 0 Å². The number of aromatic nitrogens is 1. The van der Waals surface area contributed by atoms with E-state index in [0.717, 1.165) is 28.4 Å². The molecule has 1 N–H and O–H groups in total. The minimum atomic E-state index is -0.577. The summed E-state index contributed by atoms with van der Waals surface area (Å²) in [5.74, 6) is -0.184. The Kier molecular flexibility index (Phi) is 4.64. The molecule has 0 aliphatic carbocycles. The van der Waals surface area contributed by atoms with E-state index in [-0.39, 0.29) is 11.3 Å². The Morgan fingerprint density at radius 3 is 2.55 bits per heavy atom. The first-order valence-corrected chi connectivity index (χ1v) is 9.18. The Morgan fingerprint density at radius 2 is 1.83 bits per heavy atom. The highest BCUT2D eigenvalue weighted by Gasteiger charge is 2.21. The van der Waals surface area contributed by atoms with Crippen LogP contribution in [0, 0.1) is 10.1 Å². The van der Waals surface area contributed by atoms with Crippen LogP contribution in [0.3, 0.4) is 0 Å². The van der Waals surface area contributed by atoms with Crippen molar-refractivity contribution in [3.8, 4) is 5.75 Å². The molecule has 0 saturated heterocycles. The summed E-state index contributed by atoms with van der Waals surface area (Å²) >= 11 is 0. The van der Waals surface area contributed by atoms with Crippen molar-refractivity contribution in [2.24, 2.45) is 0 Å². The van der Waals surface area contributed by atoms with Crippen LogP contribution in [0.4, 0.5) is 11.4 Å². The molecule has 0 atom stereocenters. The Hall–Kier alpha value is -3.87. The molecule has 7 heteroatoms. The van der Waals surface area contributed by atoms with Crippen molar-refractivity contribution in [3.05, 3.63) is 76.3 Å². The van der Waals surface area contributed by atoms with Gasteiger partial charge in [-0.1, -0.05) is 18.2 Å². The van der Waals surface area contributed by atoms with Crippen molar-refractivity contribution in [2.75, 3.05) is 12.4 Å². The molecule has 1 aromatic heterocycles. The first kappa shape index (κ1) is 18.5. The number of amides is 1. The minimum Gasteiger partial charge on any atom is -0.497 e. The summed E-state index contributed by atoms with van der Waals surface area (Å²) in [6, 6.07) is 17.8. The number of nitro benzene ring substituents is 1. The maximum absolute atomic E-state index is 12.8. The van der Waals surface area contributed by atoms with Gasteiger partial charge in [0.2, 0.25) is 0 Å². The van der Waals surface area contributed by atoms with Gasteiger partial charge in [-0.2, -0.15) is 0 Å². The molecule has 0 aliphatic heterocycles. The number of methoxy groups -OCH3 is 1. The molecular weight excluding hydrogens is 370 g/mol. The number of ether oxygens (including phenoxy) is 1. The molecule has 1 amide bonds. The lowest BCUT2D eigenvalue weighted by atomic mass is 10.1. The zero-order valence-corrected chi connectivity index (χ0v) is 16.0. The van der Waals surface area contributed by atoms with Gasteiger partial charge in [0, 0.05) is 40.1 Å². The number of anilines is 1. The van der Waals surface area contributed by atoms with E-state index in [0.29, 0.717) is 11.4 Å². The molecule has 0 bridgehead atoms. The maximum Gasteiger partial charge on any atom is 0.282 e. The molecule has 29 heavy (non-hydrogen) atoms. The first-order valence-electron chi connectivity index (χ1n) is 9.18. The Balaban J connectivity index is 1.76. The number of carbonyl (C=O) groups is 1. The Labute approximate surface area is 166 Å². The van der Waals surface area contributed by atoms with Gasteiger partial charge in [-0.15, -0.1) is 0 Å². The number of carbonyl (C=O) groups excluding carboxylic acids is 1. The van der Waals surface area contributed by atoms with E-state index in [1.54, 1.807) is 6.07 Å². The van der Waals surface area contributed by atoms with E-state index >= 15 is 0 Å². The van der Waals surface area contributed by atoms with E-state index in [2.05, 4.69) is 22.9 Å². The van der Waals surface area contributed by atoms with Gasteiger partial charge in [-0.05, 0) is 43.3 Å². The van der Waals surface area contributed by atoms with Crippen molar-refractivity contribution in [3.63, 3.8) is 0 Å². The fourth-order valence-electron chi connectivity index (χ4n) is 3.65. The normalized spacial score (nSPS) is 11.0. The summed E-state index contributed by atoms with van der Waals surface area (Å²) in [5, 5.41) is 16.2. The zero-order valence-electron chi connectivity index (χ0n) is 16.0. The molecule has 4 aromatic rings. The van der Waals surface area contributed by atoms with Crippen LogP contribution in [-0.4, -0.2) is 22.5 Å². The molecule has 4 rings (SSSR count). The van der Waals surface area contributed by atoms with E-state index in [9.17, 15) is 14.9 Å². The topological polar surface area (TPSA) is 86.4 Å². The van der Waals surface area contributed by atoms with Crippen LogP contribution in [0.15, 0.2) is 60.7 Å². The van der Waals surface area contributed by atoms with Crippen LogP contribution in [0.5, 0.6) is 5.75 Å². The smallest absolute Gasteiger partial charge is 0.282 e. The highest BCUT2D eigenvalue weighted by molar-refractivity contribution is 6.12. The summed E-state index contributed by atoms with van der Waals surface area (Å²) in [7, 11) is 1.44. The highest BCUT2D eigenvalue weighted by atomic mass is 16.6. The molecule has 1 heterocycles. The second-order valence-corrected chi connectivity index (χ2v) is 6.59. The zero-order chi connectivity index (χ0) is 20.5. The quantitative estimate of drug-likeness (QED) is 0.385. The standard InChI is InChI=1S/C22H19N3O4/c1-3-24-19-7-5-4-6-16(19)17-12-14(8-10-20(17)24)23-22(26)18-13-15(29-2)9-11-21(18)25(27)28/h4-13H,3H2,1-2H3,(H,23,26). The Bertz CT molecular complexity index is 1260. The molecule has 0 unspecified atom stereocenters. The van der Waals surface area contributed by atoms with Crippen LogP contribution in [-0.2, 0) is 6.54 Å². The van der Waals surface area contributed by atoms with Gasteiger partial charge in [-0.25, -0.2) is 0 Å². The summed E-state index contributed by atoms with van der Waals surface area (Å²) in [5.41, 5.74) is 2.44. The van der Waals surface area contributed by atoms with Crippen molar-refractivity contribution in [1.29, 1.82) is 0 Å². The summed E-state index contributed by atoms with van der Waals surface area (Å²) in [6.45, 7) is 2.91.